The number of ether oxygens (including phenoxy) is 2. The second kappa shape index (κ2) is 8.53. The van der Waals surface area contributed by atoms with Crippen LogP contribution in [-0.4, -0.2) is 19.4 Å². The molecule has 0 aromatic carbocycles. The minimum Gasteiger partial charge on any atom is -0.438 e. The van der Waals surface area contributed by atoms with Crippen LogP contribution in [-0.2, 0) is 14.3 Å². The van der Waals surface area contributed by atoms with E-state index in [1.165, 1.54) is 0 Å². The molecule has 0 aromatic rings. The molecule has 0 aliphatic rings. The number of hydrogen-bond donors (Lipinski definition) is 0. The van der Waals surface area contributed by atoms with Gasteiger partial charge in [0.15, 0.2) is 0 Å². The maximum Gasteiger partial charge on any atom is 0.295 e. The van der Waals surface area contributed by atoms with Crippen molar-refractivity contribution in [1.29, 1.82) is 0 Å². The average molecular weight is 174 g/mol. The van der Waals surface area contributed by atoms with E-state index in [1.807, 2.05) is 6.92 Å². The normalized spacial score (nSPS) is 12.5. The highest BCUT2D eigenvalue weighted by molar-refractivity contribution is 5.37. The SMILES string of the molecule is CCCCOC(CCC)OC=O. The summed E-state index contributed by atoms with van der Waals surface area (Å²) >= 11 is 0. The van der Waals surface area contributed by atoms with Crippen LogP contribution in [0, 0.1) is 0 Å². The van der Waals surface area contributed by atoms with E-state index in [2.05, 4.69) is 6.92 Å². The predicted molar refractivity (Wildman–Crippen MR) is 46.7 cm³/mol. The molecule has 0 saturated carbocycles. The lowest BCUT2D eigenvalue weighted by atomic mass is 10.3. The summed E-state index contributed by atoms with van der Waals surface area (Å²) in [6.07, 6.45) is 3.52. The summed E-state index contributed by atoms with van der Waals surface area (Å²) in [5.41, 5.74) is 0. The lowest BCUT2D eigenvalue weighted by Crippen LogP contribution is -2.16. The summed E-state index contributed by atoms with van der Waals surface area (Å²) in [6.45, 7) is 5.25. The Kier molecular flexibility index (Phi) is 8.12. The Morgan fingerprint density at radius 1 is 1.33 bits per heavy atom. The maximum atomic E-state index is 10.0. The zero-order valence-electron chi connectivity index (χ0n) is 7.91. The molecule has 0 aliphatic heterocycles. The highest BCUT2D eigenvalue weighted by Gasteiger charge is 2.06. The number of rotatable bonds is 8. The highest BCUT2D eigenvalue weighted by Crippen LogP contribution is 2.03. The number of carbonyl (C=O) groups is 1. The molecule has 1 atom stereocenters. The zero-order valence-corrected chi connectivity index (χ0v) is 7.91. The standard InChI is InChI=1S/C9H18O3/c1-3-5-7-11-9(6-4-2)12-8-10/h8-9H,3-7H2,1-2H3. The van der Waals surface area contributed by atoms with Gasteiger partial charge in [-0.3, -0.25) is 4.79 Å². The van der Waals surface area contributed by atoms with Crippen molar-refractivity contribution in [2.45, 2.75) is 45.8 Å². The van der Waals surface area contributed by atoms with Crippen LogP contribution in [0.1, 0.15) is 39.5 Å². The lowest BCUT2D eigenvalue weighted by molar-refractivity contribution is -0.165. The van der Waals surface area contributed by atoms with Gasteiger partial charge >= 0.3 is 0 Å². The van der Waals surface area contributed by atoms with E-state index in [-0.39, 0.29) is 6.29 Å². The van der Waals surface area contributed by atoms with E-state index in [0.29, 0.717) is 13.1 Å². The van der Waals surface area contributed by atoms with Gasteiger partial charge in [0.05, 0.1) is 6.61 Å². The lowest BCUT2D eigenvalue weighted by Gasteiger charge is -2.14. The fourth-order valence-electron chi connectivity index (χ4n) is 0.847. The van der Waals surface area contributed by atoms with Gasteiger partial charge in [0.1, 0.15) is 0 Å². The molecule has 0 fully saturated rings. The molecule has 1 unspecified atom stereocenters. The van der Waals surface area contributed by atoms with Crippen LogP contribution >= 0.6 is 0 Å². The van der Waals surface area contributed by atoms with Crippen LogP contribution in [0.4, 0.5) is 0 Å². The quantitative estimate of drug-likeness (QED) is 0.321. The molecule has 0 N–H and O–H groups in total. The van der Waals surface area contributed by atoms with Gasteiger partial charge < -0.3 is 9.47 Å². The predicted octanol–water partition coefficient (Wildman–Crippen LogP) is 2.10. The Bertz CT molecular complexity index is 104. The molecule has 12 heavy (non-hydrogen) atoms. The van der Waals surface area contributed by atoms with Crippen LogP contribution in [0.15, 0.2) is 0 Å². The molecule has 0 aliphatic carbocycles. The van der Waals surface area contributed by atoms with Crippen molar-refractivity contribution in [3.05, 3.63) is 0 Å². The minimum absolute atomic E-state index is 0.334. The van der Waals surface area contributed by atoms with Crippen LogP contribution in [0.25, 0.3) is 0 Å². The van der Waals surface area contributed by atoms with Crippen molar-refractivity contribution >= 4 is 6.47 Å². The van der Waals surface area contributed by atoms with Crippen molar-refractivity contribution in [2.24, 2.45) is 0 Å². The summed E-state index contributed by atoms with van der Waals surface area (Å²) in [4.78, 5) is 10.0. The van der Waals surface area contributed by atoms with Gasteiger partial charge in [0.25, 0.3) is 6.47 Å². The van der Waals surface area contributed by atoms with Gasteiger partial charge in [-0.05, 0) is 6.42 Å². The van der Waals surface area contributed by atoms with Gasteiger partial charge in [0.2, 0.25) is 6.29 Å². The fourth-order valence-corrected chi connectivity index (χ4v) is 0.847. The molecule has 0 amide bonds. The molecule has 3 nitrogen and oxygen atoms in total. The largest absolute Gasteiger partial charge is 0.438 e. The van der Waals surface area contributed by atoms with Crippen molar-refractivity contribution < 1.29 is 14.3 Å². The molecule has 0 heterocycles. The summed E-state index contributed by atoms with van der Waals surface area (Å²) in [7, 11) is 0. The van der Waals surface area contributed by atoms with Crippen molar-refractivity contribution in [1.82, 2.24) is 0 Å². The molecule has 0 spiro atoms. The first kappa shape index (κ1) is 11.4. The van der Waals surface area contributed by atoms with Crippen LogP contribution < -0.4 is 0 Å². The van der Waals surface area contributed by atoms with E-state index < -0.39 is 0 Å². The Morgan fingerprint density at radius 2 is 2.08 bits per heavy atom. The van der Waals surface area contributed by atoms with E-state index in [9.17, 15) is 4.79 Å². The topological polar surface area (TPSA) is 35.5 Å². The van der Waals surface area contributed by atoms with Crippen molar-refractivity contribution in [3.8, 4) is 0 Å². The van der Waals surface area contributed by atoms with Crippen LogP contribution in [0.2, 0.25) is 0 Å². The molecule has 0 rings (SSSR count). The van der Waals surface area contributed by atoms with Gasteiger partial charge in [-0.25, -0.2) is 0 Å². The molecular weight excluding hydrogens is 156 g/mol. The van der Waals surface area contributed by atoms with Crippen LogP contribution in [0.3, 0.4) is 0 Å². The minimum atomic E-state index is -0.334. The Hall–Kier alpha value is -0.570. The first-order valence-corrected chi connectivity index (χ1v) is 4.55. The first-order chi connectivity index (χ1) is 5.85. The number of unbranched alkanes of at least 4 members (excludes halogenated alkanes) is 1. The molecule has 72 valence electrons. The van der Waals surface area contributed by atoms with Gasteiger partial charge in [-0.2, -0.15) is 0 Å². The molecule has 3 heteroatoms. The first-order valence-electron chi connectivity index (χ1n) is 4.55. The monoisotopic (exact) mass is 174 g/mol. The molecular formula is C9H18O3. The zero-order chi connectivity index (χ0) is 9.23. The Morgan fingerprint density at radius 3 is 2.58 bits per heavy atom. The fraction of sp³-hybridized carbons (Fsp3) is 0.889. The number of hydrogen-bond acceptors (Lipinski definition) is 3. The summed E-state index contributed by atoms with van der Waals surface area (Å²) in [5, 5.41) is 0. The third-order valence-electron chi connectivity index (χ3n) is 1.53. The van der Waals surface area contributed by atoms with Crippen molar-refractivity contribution in [3.63, 3.8) is 0 Å². The third-order valence-corrected chi connectivity index (χ3v) is 1.53. The summed E-state index contributed by atoms with van der Waals surface area (Å²) in [5.74, 6) is 0. The molecule has 0 aromatic heterocycles. The van der Waals surface area contributed by atoms with Gasteiger partial charge in [-0.1, -0.05) is 26.7 Å². The molecule has 0 saturated heterocycles. The smallest absolute Gasteiger partial charge is 0.295 e. The van der Waals surface area contributed by atoms with E-state index in [0.717, 1.165) is 25.7 Å². The second-order valence-electron chi connectivity index (χ2n) is 2.67. The van der Waals surface area contributed by atoms with Crippen LogP contribution in [0.5, 0.6) is 0 Å². The third kappa shape index (κ3) is 6.16. The van der Waals surface area contributed by atoms with Crippen molar-refractivity contribution in [2.75, 3.05) is 6.61 Å². The average Bonchev–Trinajstić information content (AvgIpc) is 2.06. The summed E-state index contributed by atoms with van der Waals surface area (Å²) < 4.78 is 10.0. The Balaban J connectivity index is 3.40. The molecule has 0 bridgehead atoms. The maximum absolute atomic E-state index is 10.0. The second-order valence-corrected chi connectivity index (χ2v) is 2.67. The van der Waals surface area contributed by atoms with Gasteiger partial charge in [-0.15, -0.1) is 0 Å². The summed E-state index contributed by atoms with van der Waals surface area (Å²) in [6, 6.07) is 0. The number of carbonyl (C=O) groups excluding carboxylic acids is 1. The highest BCUT2D eigenvalue weighted by atomic mass is 16.7. The Labute approximate surface area is 74.0 Å². The van der Waals surface area contributed by atoms with Gasteiger partial charge in [0, 0.05) is 6.42 Å². The van der Waals surface area contributed by atoms with E-state index >= 15 is 0 Å². The van der Waals surface area contributed by atoms with E-state index in [4.69, 9.17) is 9.47 Å². The molecule has 0 radical (unpaired) electrons. The van der Waals surface area contributed by atoms with E-state index in [1.54, 1.807) is 0 Å².